The van der Waals surface area contributed by atoms with Gasteiger partial charge in [0, 0.05) is 24.7 Å². The number of fused-ring (bicyclic) bond motifs is 1. The van der Waals surface area contributed by atoms with Crippen molar-refractivity contribution in [1.29, 1.82) is 0 Å². The highest BCUT2D eigenvalue weighted by molar-refractivity contribution is 6.39. The summed E-state index contributed by atoms with van der Waals surface area (Å²) in [6.45, 7) is 2.71. The maximum Gasteiger partial charge on any atom is 0.225 e. The minimum absolute atomic E-state index is 0.113. The van der Waals surface area contributed by atoms with Crippen molar-refractivity contribution in [2.24, 2.45) is 5.92 Å². The number of nitrogens with one attached hydrogen (secondary N) is 2. The summed E-state index contributed by atoms with van der Waals surface area (Å²) in [6.07, 6.45) is 3.81. The average Bonchev–Trinajstić information content (AvgIpc) is 3.16. The molecule has 0 radical (unpaired) electrons. The van der Waals surface area contributed by atoms with E-state index in [-0.39, 0.29) is 6.54 Å². The van der Waals surface area contributed by atoms with Gasteiger partial charge in [0.25, 0.3) is 0 Å². The molecular weight excluding hydrogens is 481 g/mol. The molecule has 2 N–H and O–H groups in total. The number of anilines is 1. The number of hydrogen-bond acceptors (Lipinski definition) is 5. The van der Waals surface area contributed by atoms with E-state index in [4.69, 9.17) is 28.2 Å². The van der Waals surface area contributed by atoms with Gasteiger partial charge in [0.15, 0.2) is 5.65 Å². The van der Waals surface area contributed by atoms with Gasteiger partial charge in [-0.1, -0.05) is 35.3 Å². The van der Waals surface area contributed by atoms with Crippen LogP contribution in [0.4, 0.5) is 14.7 Å². The first kappa shape index (κ1) is 23.0. The van der Waals surface area contributed by atoms with Crippen LogP contribution in [-0.4, -0.2) is 32.6 Å². The molecule has 0 amide bonds. The van der Waals surface area contributed by atoms with E-state index in [0.717, 1.165) is 32.0 Å². The Morgan fingerprint density at radius 1 is 1.12 bits per heavy atom. The molecule has 3 heterocycles. The number of aromatic nitrogens is 4. The van der Waals surface area contributed by atoms with Gasteiger partial charge in [-0.3, -0.25) is 0 Å². The smallest absolute Gasteiger partial charge is 0.225 e. The van der Waals surface area contributed by atoms with Crippen LogP contribution in [0, 0.1) is 17.6 Å². The predicted molar refractivity (Wildman–Crippen MR) is 130 cm³/mol. The minimum Gasteiger partial charge on any atom is -0.350 e. The van der Waals surface area contributed by atoms with Gasteiger partial charge in [-0.15, -0.1) is 0 Å². The van der Waals surface area contributed by atoms with Crippen molar-refractivity contribution in [3.05, 3.63) is 69.8 Å². The monoisotopic (exact) mass is 502 g/mol. The predicted octanol–water partition coefficient (Wildman–Crippen LogP) is 5.69. The van der Waals surface area contributed by atoms with Crippen molar-refractivity contribution in [3.8, 4) is 11.4 Å². The first-order valence-corrected chi connectivity index (χ1v) is 11.8. The van der Waals surface area contributed by atoms with E-state index in [1.54, 1.807) is 24.4 Å². The standard InChI is InChI=1S/C24H22Cl2F2N6/c25-17-4-1-5-18(26)21(17)23-32-20-12-31-24(30-11-15-6-7-16(27)9-19(15)28)33-22(20)34(23)13-14-3-2-8-29-10-14/h1,4-7,9,12,14,29H,2-3,8,10-11,13H2,(H,30,31,33). The van der Waals surface area contributed by atoms with E-state index < -0.39 is 11.6 Å². The summed E-state index contributed by atoms with van der Waals surface area (Å²) in [5.41, 5.74) is 2.20. The molecule has 1 fully saturated rings. The minimum atomic E-state index is -0.626. The lowest BCUT2D eigenvalue weighted by atomic mass is 9.99. The fourth-order valence-electron chi connectivity index (χ4n) is 4.26. The molecule has 1 atom stereocenters. The molecule has 0 spiro atoms. The quantitative estimate of drug-likeness (QED) is 0.354. The Hall–Kier alpha value is -2.81. The van der Waals surface area contributed by atoms with E-state index in [0.29, 0.717) is 56.6 Å². The molecule has 1 saturated heterocycles. The molecule has 4 aromatic rings. The van der Waals surface area contributed by atoms with Crippen LogP contribution < -0.4 is 10.6 Å². The molecule has 10 heteroatoms. The van der Waals surface area contributed by atoms with E-state index in [1.165, 1.54) is 12.1 Å². The van der Waals surface area contributed by atoms with Crippen LogP contribution in [0.3, 0.4) is 0 Å². The Kier molecular flexibility index (Phi) is 6.63. The third kappa shape index (κ3) is 4.71. The molecule has 1 aliphatic rings. The van der Waals surface area contributed by atoms with Gasteiger partial charge in [-0.25, -0.2) is 18.7 Å². The topological polar surface area (TPSA) is 67.7 Å². The second-order valence-electron chi connectivity index (χ2n) is 8.35. The number of benzene rings is 2. The summed E-state index contributed by atoms with van der Waals surface area (Å²) in [6, 6.07) is 8.83. The van der Waals surface area contributed by atoms with Crippen LogP contribution in [0.25, 0.3) is 22.6 Å². The van der Waals surface area contributed by atoms with E-state index >= 15 is 0 Å². The molecule has 0 bridgehead atoms. The molecular formula is C24H22Cl2F2N6. The molecule has 2 aromatic heterocycles. The zero-order valence-electron chi connectivity index (χ0n) is 18.2. The molecule has 176 valence electrons. The summed E-state index contributed by atoms with van der Waals surface area (Å²) in [7, 11) is 0. The Bertz CT molecular complexity index is 1320. The Morgan fingerprint density at radius 3 is 2.68 bits per heavy atom. The highest BCUT2D eigenvalue weighted by atomic mass is 35.5. The zero-order chi connectivity index (χ0) is 23.7. The van der Waals surface area contributed by atoms with Crippen LogP contribution in [0.15, 0.2) is 42.6 Å². The summed E-state index contributed by atoms with van der Waals surface area (Å²) in [5.74, 6) is 0.0962. The van der Waals surface area contributed by atoms with Gasteiger partial charge in [-0.2, -0.15) is 4.98 Å². The van der Waals surface area contributed by atoms with Crippen molar-refractivity contribution in [2.75, 3.05) is 18.4 Å². The number of imidazole rings is 1. The van der Waals surface area contributed by atoms with Crippen molar-refractivity contribution in [2.45, 2.75) is 25.9 Å². The number of hydrogen-bond donors (Lipinski definition) is 2. The lowest BCUT2D eigenvalue weighted by Crippen LogP contribution is -2.32. The largest absolute Gasteiger partial charge is 0.350 e. The molecule has 5 rings (SSSR count). The van der Waals surface area contributed by atoms with Crippen LogP contribution in [-0.2, 0) is 13.1 Å². The van der Waals surface area contributed by atoms with Gasteiger partial charge >= 0.3 is 0 Å². The van der Waals surface area contributed by atoms with Gasteiger partial charge < -0.3 is 15.2 Å². The fourth-order valence-corrected chi connectivity index (χ4v) is 4.82. The molecule has 1 unspecified atom stereocenters. The number of rotatable bonds is 6. The van der Waals surface area contributed by atoms with Crippen molar-refractivity contribution < 1.29 is 8.78 Å². The zero-order valence-corrected chi connectivity index (χ0v) is 19.7. The molecule has 34 heavy (non-hydrogen) atoms. The van der Waals surface area contributed by atoms with Gasteiger partial charge in [0.05, 0.1) is 21.8 Å². The maximum absolute atomic E-state index is 14.0. The highest BCUT2D eigenvalue weighted by Gasteiger charge is 2.23. The summed E-state index contributed by atoms with van der Waals surface area (Å²) < 4.78 is 29.3. The van der Waals surface area contributed by atoms with Crippen molar-refractivity contribution in [3.63, 3.8) is 0 Å². The lowest BCUT2D eigenvalue weighted by molar-refractivity contribution is 0.341. The second kappa shape index (κ2) is 9.82. The second-order valence-corrected chi connectivity index (χ2v) is 9.16. The number of nitrogens with zero attached hydrogens (tertiary/aromatic N) is 4. The summed E-state index contributed by atoms with van der Waals surface area (Å²) in [4.78, 5) is 13.8. The number of halogens is 4. The van der Waals surface area contributed by atoms with Gasteiger partial charge in [0.1, 0.15) is 23.0 Å². The van der Waals surface area contributed by atoms with Crippen molar-refractivity contribution in [1.82, 2.24) is 24.8 Å². The number of piperidine rings is 1. The third-order valence-corrected chi connectivity index (χ3v) is 6.60. The van der Waals surface area contributed by atoms with Crippen LogP contribution in [0.2, 0.25) is 10.0 Å². The van der Waals surface area contributed by atoms with E-state index in [1.807, 2.05) is 4.57 Å². The SMILES string of the molecule is Fc1ccc(CNc2ncc3nc(-c4c(Cl)cccc4Cl)n(CC4CCCNC4)c3n2)c(F)c1. The summed E-state index contributed by atoms with van der Waals surface area (Å²) in [5, 5.41) is 7.48. The molecule has 2 aromatic carbocycles. The fraction of sp³-hybridized carbons (Fsp3) is 0.292. The van der Waals surface area contributed by atoms with E-state index in [2.05, 4.69) is 20.6 Å². The Morgan fingerprint density at radius 2 is 1.94 bits per heavy atom. The third-order valence-electron chi connectivity index (χ3n) is 5.97. The van der Waals surface area contributed by atoms with E-state index in [9.17, 15) is 8.78 Å². The molecule has 6 nitrogen and oxygen atoms in total. The van der Waals surface area contributed by atoms with Gasteiger partial charge in [-0.05, 0) is 50.0 Å². The molecule has 0 saturated carbocycles. The van der Waals surface area contributed by atoms with Crippen LogP contribution >= 0.6 is 23.2 Å². The highest BCUT2D eigenvalue weighted by Crippen LogP contribution is 2.36. The molecule has 0 aliphatic carbocycles. The lowest BCUT2D eigenvalue weighted by Gasteiger charge is -2.24. The Balaban J connectivity index is 1.53. The average molecular weight is 503 g/mol. The normalized spacial score (nSPS) is 16.2. The molecule has 1 aliphatic heterocycles. The summed E-state index contributed by atoms with van der Waals surface area (Å²) >= 11 is 13.0. The van der Waals surface area contributed by atoms with Gasteiger partial charge in [0.2, 0.25) is 5.95 Å². The van der Waals surface area contributed by atoms with Crippen LogP contribution in [0.1, 0.15) is 18.4 Å². The Labute approximate surface area is 205 Å². The van der Waals surface area contributed by atoms with Crippen molar-refractivity contribution >= 4 is 40.3 Å². The first-order chi connectivity index (χ1) is 16.5. The van der Waals surface area contributed by atoms with Crippen LogP contribution in [0.5, 0.6) is 0 Å². The first-order valence-electron chi connectivity index (χ1n) is 11.1. The maximum atomic E-state index is 14.0.